The van der Waals surface area contributed by atoms with Crippen LogP contribution in [-0.4, -0.2) is 29.6 Å². The number of ether oxygens (including phenoxy) is 1. The summed E-state index contributed by atoms with van der Waals surface area (Å²) in [6.45, 7) is -0.480. The molecular formula is C18H15FN2O4S. The van der Waals surface area contributed by atoms with Crippen LogP contribution in [0.3, 0.4) is 0 Å². The number of fused-ring (bicyclic) bond motifs is 1. The number of carbonyl (C=O) groups is 3. The second kappa shape index (κ2) is 8.01. The standard InChI is InChI=1S/C18H15FN2O4S/c19-11-5-7-12(8-6-11)20-16(22)10-25-17(23)9-15-18(24)21-13-3-1-2-4-14(13)26-15/h1-8,15H,9-10H2,(H,20,22)(H,21,24)/t15-/m1/s1. The highest BCUT2D eigenvalue weighted by molar-refractivity contribution is 8.01. The summed E-state index contributed by atoms with van der Waals surface area (Å²) >= 11 is 1.28. The molecule has 0 saturated heterocycles. The van der Waals surface area contributed by atoms with Crippen molar-refractivity contribution in [3.05, 3.63) is 54.3 Å². The molecule has 2 aromatic carbocycles. The summed E-state index contributed by atoms with van der Waals surface area (Å²) in [6, 6.07) is 12.5. The lowest BCUT2D eigenvalue weighted by Gasteiger charge is -2.23. The smallest absolute Gasteiger partial charge is 0.307 e. The van der Waals surface area contributed by atoms with E-state index >= 15 is 0 Å². The number of anilines is 2. The van der Waals surface area contributed by atoms with Gasteiger partial charge in [0.15, 0.2) is 6.61 Å². The molecular weight excluding hydrogens is 359 g/mol. The van der Waals surface area contributed by atoms with Crippen LogP contribution in [0.5, 0.6) is 0 Å². The Morgan fingerprint density at radius 1 is 1.15 bits per heavy atom. The van der Waals surface area contributed by atoms with Crippen LogP contribution in [-0.2, 0) is 19.1 Å². The first-order chi connectivity index (χ1) is 12.5. The van der Waals surface area contributed by atoms with Gasteiger partial charge in [-0.1, -0.05) is 12.1 Å². The Morgan fingerprint density at radius 3 is 2.65 bits per heavy atom. The third kappa shape index (κ3) is 4.60. The number of halogens is 1. The normalized spacial score (nSPS) is 15.6. The minimum Gasteiger partial charge on any atom is -0.456 e. The SMILES string of the molecule is O=C(COC(=O)C[C@H]1Sc2ccccc2NC1=O)Nc1ccc(F)cc1. The van der Waals surface area contributed by atoms with Gasteiger partial charge in [-0.25, -0.2) is 4.39 Å². The van der Waals surface area contributed by atoms with Gasteiger partial charge in [-0.3, -0.25) is 14.4 Å². The van der Waals surface area contributed by atoms with Gasteiger partial charge in [0.05, 0.1) is 17.4 Å². The maximum atomic E-state index is 12.8. The molecule has 1 aliphatic heterocycles. The van der Waals surface area contributed by atoms with Crippen molar-refractivity contribution >= 4 is 40.9 Å². The van der Waals surface area contributed by atoms with Crippen molar-refractivity contribution in [1.29, 1.82) is 0 Å². The maximum Gasteiger partial charge on any atom is 0.307 e. The molecule has 134 valence electrons. The minimum absolute atomic E-state index is 0.144. The van der Waals surface area contributed by atoms with E-state index in [0.29, 0.717) is 11.4 Å². The predicted molar refractivity (Wildman–Crippen MR) is 95.3 cm³/mol. The molecule has 1 heterocycles. The molecule has 2 N–H and O–H groups in total. The van der Waals surface area contributed by atoms with Crippen molar-refractivity contribution in [3.63, 3.8) is 0 Å². The van der Waals surface area contributed by atoms with Gasteiger partial charge in [0.2, 0.25) is 5.91 Å². The van der Waals surface area contributed by atoms with Crippen LogP contribution in [0.1, 0.15) is 6.42 Å². The third-order valence-electron chi connectivity index (χ3n) is 3.55. The van der Waals surface area contributed by atoms with Crippen LogP contribution in [0.4, 0.5) is 15.8 Å². The molecule has 2 amide bonds. The summed E-state index contributed by atoms with van der Waals surface area (Å²) < 4.78 is 17.7. The monoisotopic (exact) mass is 374 g/mol. The van der Waals surface area contributed by atoms with Crippen molar-refractivity contribution in [2.75, 3.05) is 17.2 Å². The van der Waals surface area contributed by atoms with E-state index in [1.54, 1.807) is 6.07 Å². The third-order valence-corrected chi connectivity index (χ3v) is 4.83. The summed E-state index contributed by atoms with van der Waals surface area (Å²) in [5, 5.41) is 4.61. The van der Waals surface area contributed by atoms with Gasteiger partial charge in [-0.2, -0.15) is 0 Å². The Kier molecular flexibility index (Phi) is 5.52. The molecule has 0 bridgehead atoms. The number of carbonyl (C=O) groups excluding carboxylic acids is 3. The van der Waals surface area contributed by atoms with Gasteiger partial charge >= 0.3 is 5.97 Å². The number of hydrogen-bond donors (Lipinski definition) is 2. The molecule has 8 heteroatoms. The number of thioether (sulfide) groups is 1. The lowest BCUT2D eigenvalue weighted by atomic mass is 10.2. The van der Waals surface area contributed by atoms with Crippen LogP contribution in [0, 0.1) is 5.82 Å². The topological polar surface area (TPSA) is 84.5 Å². The summed E-state index contributed by atoms with van der Waals surface area (Å²) in [6.07, 6.45) is -0.144. The van der Waals surface area contributed by atoms with Crippen LogP contribution in [0.15, 0.2) is 53.4 Å². The Balaban J connectivity index is 1.47. The summed E-state index contributed by atoms with van der Waals surface area (Å²) in [5.41, 5.74) is 1.11. The molecule has 1 atom stereocenters. The molecule has 1 aliphatic rings. The molecule has 0 aromatic heterocycles. The van der Waals surface area contributed by atoms with Crippen LogP contribution < -0.4 is 10.6 Å². The van der Waals surface area contributed by atoms with Crippen molar-refractivity contribution in [2.45, 2.75) is 16.6 Å². The van der Waals surface area contributed by atoms with Crippen LogP contribution in [0.2, 0.25) is 0 Å². The fraction of sp³-hybridized carbons (Fsp3) is 0.167. The molecule has 0 fully saturated rings. The molecule has 26 heavy (non-hydrogen) atoms. The first-order valence-corrected chi connectivity index (χ1v) is 8.67. The van der Waals surface area contributed by atoms with E-state index in [2.05, 4.69) is 10.6 Å². The molecule has 2 aromatic rings. The van der Waals surface area contributed by atoms with E-state index in [1.807, 2.05) is 18.2 Å². The van der Waals surface area contributed by atoms with Crippen molar-refractivity contribution < 1.29 is 23.5 Å². The average molecular weight is 374 g/mol. The highest BCUT2D eigenvalue weighted by Crippen LogP contribution is 2.36. The van der Waals surface area contributed by atoms with Crippen LogP contribution >= 0.6 is 11.8 Å². The molecule has 0 radical (unpaired) electrons. The zero-order chi connectivity index (χ0) is 18.5. The quantitative estimate of drug-likeness (QED) is 0.786. The first-order valence-electron chi connectivity index (χ1n) is 7.79. The zero-order valence-electron chi connectivity index (χ0n) is 13.5. The number of rotatable bonds is 5. The fourth-order valence-electron chi connectivity index (χ4n) is 2.31. The van der Waals surface area contributed by atoms with Crippen molar-refractivity contribution in [1.82, 2.24) is 0 Å². The molecule has 6 nitrogen and oxygen atoms in total. The van der Waals surface area contributed by atoms with Gasteiger partial charge in [-0.15, -0.1) is 11.8 Å². The van der Waals surface area contributed by atoms with Gasteiger partial charge in [-0.05, 0) is 36.4 Å². The molecule has 0 unspecified atom stereocenters. The average Bonchev–Trinajstić information content (AvgIpc) is 2.62. The largest absolute Gasteiger partial charge is 0.456 e. The Morgan fingerprint density at radius 2 is 1.88 bits per heavy atom. The summed E-state index contributed by atoms with van der Waals surface area (Å²) in [4.78, 5) is 36.6. The van der Waals surface area contributed by atoms with E-state index in [9.17, 15) is 18.8 Å². The molecule has 3 rings (SSSR count). The highest BCUT2D eigenvalue weighted by atomic mass is 32.2. The Hall–Kier alpha value is -2.87. The minimum atomic E-state index is -0.647. The number of nitrogens with one attached hydrogen (secondary N) is 2. The second-order valence-electron chi connectivity index (χ2n) is 5.51. The molecule has 0 spiro atoms. The number of para-hydroxylation sites is 1. The Labute approximate surface area is 153 Å². The zero-order valence-corrected chi connectivity index (χ0v) is 14.3. The number of esters is 1. The van der Waals surface area contributed by atoms with E-state index < -0.39 is 29.6 Å². The fourth-order valence-corrected chi connectivity index (χ4v) is 3.41. The van der Waals surface area contributed by atoms with E-state index in [1.165, 1.54) is 36.0 Å². The van der Waals surface area contributed by atoms with Gasteiger partial charge < -0.3 is 15.4 Å². The van der Waals surface area contributed by atoms with E-state index in [4.69, 9.17) is 4.74 Å². The first kappa shape index (κ1) is 17.9. The molecule has 0 aliphatic carbocycles. The Bertz CT molecular complexity index is 841. The summed E-state index contributed by atoms with van der Waals surface area (Å²) in [7, 11) is 0. The van der Waals surface area contributed by atoms with Gasteiger partial charge in [0.1, 0.15) is 5.82 Å². The lowest BCUT2D eigenvalue weighted by molar-refractivity contribution is -0.147. The number of hydrogen-bond acceptors (Lipinski definition) is 5. The van der Waals surface area contributed by atoms with Gasteiger partial charge in [0, 0.05) is 10.6 Å². The second-order valence-corrected chi connectivity index (χ2v) is 6.76. The van der Waals surface area contributed by atoms with Crippen molar-refractivity contribution in [2.24, 2.45) is 0 Å². The van der Waals surface area contributed by atoms with E-state index in [0.717, 1.165) is 4.90 Å². The van der Waals surface area contributed by atoms with Gasteiger partial charge in [0.25, 0.3) is 5.91 Å². The predicted octanol–water partition coefficient (Wildman–Crippen LogP) is 2.81. The molecule has 0 saturated carbocycles. The maximum absolute atomic E-state index is 12.8. The van der Waals surface area contributed by atoms with Crippen molar-refractivity contribution in [3.8, 4) is 0 Å². The number of amides is 2. The van der Waals surface area contributed by atoms with E-state index in [-0.39, 0.29) is 12.3 Å². The lowest BCUT2D eigenvalue weighted by Crippen LogP contribution is -2.32. The highest BCUT2D eigenvalue weighted by Gasteiger charge is 2.29. The summed E-state index contributed by atoms with van der Waals surface area (Å²) in [5.74, 6) is -1.89. The number of benzene rings is 2. The van der Waals surface area contributed by atoms with Crippen LogP contribution in [0.25, 0.3) is 0 Å².